The van der Waals surface area contributed by atoms with Crippen molar-refractivity contribution in [3.63, 3.8) is 0 Å². The van der Waals surface area contributed by atoms with Crippen LogP contribution < -0.4 is 10.4 Å². The summed E-state index contributed by atoms with van der Waals surface area (Å²) in [6.45, 7) is 3.79. The number of hydrogen-bond donors (Lipinski definition) is 0. The molecule has 0 heterocycles. The molecule has 3 aromatic rings. The lowest BCUT2D eigenvalue weighted by Gasteiger charge is -2.06. The molecule has 0 amide bonds. The third kappa shape index (κ3) is 2.51. The average Bonchev–Trinajstić information content (AvgIpc) is 2.48. The van der Waals surface area contributed by atoms with Crippen LogP contribution in [0.15, 0.2) is 73.3 Å². The van der Waals surface area contributed by atoms with Gasteiger partial charge in [0.15, 0.2) is 0 Å². The van der Waals surface area contributed by atoms with E-state index in [4.69, 9.17) is 0 Å². The summed E-state index contributed by atoms with van der Waals surface area (Å²) in [6, 6.07) is 23.7. The van der Waals surface area contributed by atoms with Crippen LogP contribution >= 0.6 is 0 Å². The van der Waals surface area contributed by atoms with E-state index in [1.807, 2.05) is 6.08 Å². The van der Waals surface area contributed by atoms with Gasteiger partial charge in [-0.25, -0.2) is 0 Å². The Morgan fingerprint density at radius 2 is 1.53 bits per heavy atom. The summed E-state index contributed by atoms with van der Waals surface area (Å²) in [5.74, 6) is 0. The summed E-state index contributed by atoms with van der Waals surface area (Å²) in [7, 11) is 0.694. The maximum absolute atomic E-state index is 3.79. The van der Waals surface area contributed by atoms with Crippen molar-refractivity contribution in [1.82, 2.24) is 0 Å². The molecule has 0 nitrogen and oxygen atoms in total. The molecule has 0 aliphatic heterocycles. The Kier molecular flexibility index (Phi) is 3.30. The Morgan fingerprint density at radius 3 is 2.32 bits per heavy atom. The Hall–Kier alpha value is -2.12. The van der Waals surface area contributed by atoms with Gasteiger partial charge in [0.2, 0.25) is 0 Å². The second-order valence-corrected chi connectivity index (χ2v) is 5.84. The molecule has 0 spiro atoms. The quantitative estimate of drug-likeness (QED) is 0.633. The molecule has 0 aliphatic carbocycles. The molecule has 90 valence electrons. The second-order valence-electron chi connectivity index (χ2n) is 4.48. The van der Waals surface area contributed by atoms with Crippen LogP contribution in [0, 0.1) is 0 Å². The number of hydrogen-bond acceptors (Lipinski definition) is 0. The summed E-state index contributed by atoms with van der Waals surface area (Å²) in [5.41, 5.74) is 1.17. The molecule has 0 fully saturated rings. The summed E-state index contributed by atoms with van der Waals surface area (Å²) >= 11 is 0. The van der Waals surface area contributed by atoms with Crippen LogP contribution in [-0.2, 0) is 0 Å². The predicted octanol–water partition coefficient (Wildman–Crippen LogP) is 3.14. The molecule has 0 saturated heterocycles. The van der Waals surface area contributed by atoms with Crippen LogP contribution in [0.3, 0.4) is 0 Å². The highest BCUT2D eigenvalue weighted by Gasteiger charge is 2.02. The fourth-order valence-electron chi connectivity index (χ4n) is 2.19. The Morgan fingerprint density at radius 1 is 0.789 bits per heavy atom. The normalized spacial score (nSPS) is 10.5. The maximum Gasteiger partial charge on any atom is 0.122 e. The van der Waals surface area contributed by atoms with E-state index < -0.39 is 0 Å². The van der Waals surface area contributed by atoms with E-state index >= 15 is 0 Å². The molecular formula is C18H14Si. The van der Waals surface area contributed by atoms with Gasteiger partial charge in [-0.05, 0) is 16.3 Å². The van der Waals surface area contributed by atoms with Crippen molar-refractivity contribution < 1.29 is 0 Å². The first-order chi connectivity index (χ1) is 9.36. The molecule has 0 bridgehead atoms. The van der Waals surface area contributed by atoms with Crippen LogP contribution in [0.2, 0.25) is 0 Å². The van der Waals surface area contributed by atoms with Crippen LogP contribution in [-0.4, -0.2) is 9.52 Å². The smallest absolute Gasteiger partial charge is 0.0985 e. The fraction of sp³-hybridized carbons (Fsp3) is 0. The van der Waals surface area contributed by atoms with Crippen molar-refractivity contribution in [3.05, 3.63) is 78.9 Å². The fourth-order valence-corrected chi connectivity index (χ4v) is 3.38. The van der Waals surface area contributed by atoms with Gasteiger partial charge in [-0.2, -0.15) is 0 Å². The molecule has 0 aromatic heterocycles. The number of fused-ring (bicyclic) bond motifs is 1. The Bertz CT molecular complexity index is 706. The van der Waals surface area contributed by atoms with Crippen molar-refractivity contribution in [1.29, 1.82) is 0 Å². The van der Waals surface area contributed by atoms with E-state index in [0.29, 0.717) is 9.52 Å². The molecule has 0 N–H and O–H groups in total. The van der Waals surface area contributed by atoms with Gasteiger partial charge in [-0.1, -0.05) is 89.8 Å². The standard InChI is InChI=1S/C18H14Si/c1-2-14-10-12-16(13-11-14)19-18-9-5-7-15-6-3-4-8-17(15)18/h2-13H,1H2. The van der Waals surface area contributed by atoms with Crippen LogP contribution in [0.25, 0.3) is 16.8 Å². The highest BCUT2D eigenvalue weighted by molar-refractivity contribution is 6.69. The summed E-state index contributed by atoms with van der Waals surface area (Å²) in [5, 5.41) is 5.44. The Labute approximate surface area is 116 Å². The average molecular weight is 258 g/mol. The molecular weight excluding hydrogens is 244 g/mol. The second kappa shape index (κ2) is 5.25. The molecule has 19 heavy (non-hydrogen) atoms. The van der Waals surface area contributed by atoms with Gasteiger partial charge in [0, 0.05) is 0 Å². The monoisotopic (exact) mass is 258 g/mol. The molecule has 2 radical (unpaired) electrons. The van der Waals surface area contributed by atoms with E-state index in [-0.39, 0.29) is 0 Å². The number of benzene rings is 3. The third-order valence-electron chi connectivity index (χ3n) is 3.22. The summed E-state index contributed by atoms with van der Waals surface area (Å²) in [6.07, 6.45) is 1.88. The molecule has 0 atom stereocenters. The minimum absolute atomic E-state index is 0.694. The maximum atomic E-state index is 3.79. The van der Waals surface area contributed by atoms with E-state index in [1.165, 1.54) is 26.7 Å². The van der Waals surface area contributed by atoms with E-state index in [2.05, 4.69) is 73.3 Å². The van der Waals surface area contributed by atoms with Gasteiger partial charge in [-0.3, -0.25) is 0 Å². The number of rotatable bonds is 3. The molecule has 3 aromatic carbocycles. The van der Waals surface area contributed by atoms with Crippen LogP contribution in [0.4, 0.5) is 0 Å². The van der Waals surface area contributed by atoms with Gasteiger partial charge >= 0.3 is 0 Å². The SMILES string of the molecule is C=Cc1ccc([Si]c2cccc3ccccc23)cc1. The molecule has 0 aliphatic rings. The van der Waals surface area contributed by atoms with Crippen molar-refractivity contribution in [2.45, 2.75) is 0 Å². The summed E-state index contributed by atoms with van der Waals surface area (Å²) in [4.78, 5) is 0. The highest BCUT2D eigenvalue weighted by atomic mass is 28.2. The first-order valence-corrected chi connectivity index (χ1v) is 7.34. The summed E-state index contributed by atoms with van der Waals surface area (Å²) < 4.78 is 0. The minimum atomic E-state index is 0.694. The topological polar surface area (TPSA) is 0 Å². The first-order valence-electron chi connectivity index (χ1n) is 6.34. The van der Waals surface area contributed by atoms with Crippen LogP contribution in [0.1, 0.15) is 5.56 Å². The largest absolute Gasteiger partial charge is 0.122 e. The first kappa shape index (κ1) is 11.9. The van der Waals surface area contributed by atoms with Crippen LogP contribution in [0.5, 0.6) is 0 Å². The van der Waals surface area contributed by atoms with Crippen molar-refractivity contribution >= 4 is 36.7 Å². The minimum Gasteiger partial charge on any atom is -0.0985 e. The van der Waals surface area contributed by atoms with Gasteiger partial charge in [0.1, 0.15) is 9.52 Å². The molecule has 1 heteroatoms. The van der Waals surface area contributed by atoms with Crippen molar-refractivity contribution in [2.24, 2.45) is 0 Å². The lowest BCUT2D eigenvalue weighted by atomic mass is 10.1. The third-order valence-corrected chi connectivity index (χ3v) is 4.54. The lowest BCUT2D eigenvalue weighted by Crippen LogP contribution is -2.27. The van der Waals surface area contributed by atoms with Gasteiger partial charge in [0.25, 0.3) is 0 Å². The van der Waals surface area contributed by atoms with Crippen molar-refractivity contribution in [3.8, 4) is 0 Å². The van der Waals surface area contributed by atoms with Gasteiger partial charge in [0.05, 0.1) is 0 Å². The van der Waals surface area contributed by atoms with E-state index in [9.17, 15) is 0 Å². The molecule has 0 unspecified atom stereocenters. The zero-order valence-corrected chi connectivity index (χ0v) is 11.6. The zero-order chi connectivity index (χ0) is 13.1. The van der Waals surface area contributed by atoms with Gasteiger partial charge < -0.3 is 0 Å². The Balaban J connectivity index is 1.98. The highest BCUT2D eigenvalue weighted by Crippen LogP contribution is 2.10. The van der Waals surface area contributed by atoms with Crippen molar-refractivity contribution in [2.75, 3.05) is 0 Å². The molecule has 3 rings (SSSR count). The lowest BCUT2D eigenvalue weighted by molar-refractivity contribution is 1.70. The van der Waals surface area contributed by atoms with E-state index in [1.54, 1.807) is 0 Å². The van der Waals surface area contributed by atoms with E-state index in [0.717, 1.165) is 0 Å². The predicted molar refractivity (Wildman–Crippen MR) is 85.5 cm³/mol. The zero-order valence-electron chi connectivity index (χ0n) is 10.6. The molecule has 0 saturated carbocycles. The van der Waals surface area contributed by atoms with Gasteiger partial charge in [-0.15, -0.1) is 0 Å².